The number of nitriles is 2. The minimum atomic E-state index is -4.67. The molecule has 1 aliphatic carbocycles. The zero-order chi connectivity index (χ0) is 29.4. The van der Waals surface area contributed by atoms with E-state index in [0.717, 1.165) is 48.6 Å². The molecule has 214 valence electrons. The number of amides is 1. The van der Waals surface area contributed by atoms with Crippen LogP contribution in [0.4, 0.5) is 13.2 Å². The largest absolute Gasteiger partial charge is 0.456 e. The fourth-order valence-electron chi connectivity index (χ4n) is 5.61. The zero-order valence-electron chi connectivity index (χ0n) is 23.2. The van der Waals surface area contributed by atoms with Gasteiger partial charge in [-0.05, 0) is 80.2 Å². The van der Waals surface area contributed by atoms with Gasteiger partial charge in [0.15, 0.2) is 0 Å². The van der Waals surface area contributed by atoms with Crippen LogP contribution in [0.25, 0.3) is 21.9 Å². The molecule has 7 nitrogen and oxygen atoms in total. The number of benzene rings is 2. The van der Waals surface area contributed by atoms with Crippen molar-refractivity contribution in [3.63, 3.8) is 0 Å². The van der Waals surface area contributed by atoms with Gasteiger partial charge in [0.25, 0.3) is 6.71 Å². The molecule has 2 N–H and O–H groups in total. The van der Waals surface area contributed by atoms with E-state index in [1.165, 1.54) is 12.1 Å². The summed E-state index contributed by atoms with van der Waals surface area (Å²) >= 11 is 0. The Morgan fingerprint density at radius 2 is 1.83 bits per heavy atom. The molecule has 11 heteroatoms. The van der Waals surface area contributed by atoms with Crippen LogP contribution in [0, 0.1) is 28.5 Å². The SMILES string of the molecule is CC(C)CC(NC(c1ccc2c(c1)oc1ccc(CN3CCB(C#N)CC3)cc12)C(F)(F)F)C(=O)NC1(C#N)CC1. The van der Waals surface area contributed by atoms with Crippen LogP contribution in [-0.2, 0) is 11.3 Å². The topological polar surface area (TPSA) is 105 Å². The van der Waals surface area contributed by atoms with Crippen molar-refractivity contribution in [1.29, 1.82) is 10.5 Å². The third-order valence-electron chi connectivity index (χ3n) is 8.11. The molecule has 0 bridgehead atoms. The monoisotopic (exact) mass is 563 g/mol. The summed E-state index contributed by atoms with van der Waals surface area (Å²) in [6.07, 6.45) is -1.79. The van der Waals surface area contributed by atoms with Crippen molar-refractivity contribution in [2.24, 2.45) is 5.92 Å². The highest BCUT2D eigenvalue weighted by atomic mass is 19.4. The Hall–Kier alpha value is -3.54. The molecule has 2 unspecified atom stereocenters. The minimum absolute atomic E-state index is 0.0471. The molecule has 1 amide bonds. The van der Waals surface area contributed by atoms with Crippen LogP contribution in [0.15, 0.2) is 40.8 Å². The summed E-state index contributed by atoms with van der Waals surface area (Å²) in [6.45, 7) is 6.22. The zero-order valence-corrected chi connectivity index (χ0v) is 23.2. The van der Waals surface area contributed by atoms with E-state index in [9.17, 15) is 23.2 Å². The lowest BCUT2D eigenvalue weighted by molar-refractivity contribution is -0.161. The number of nitrogens with zero attached hydrogens (tertiary/aromatic N) is 3. The van der Waals surface area contributed by atoms with Crippen molar-refractivity contribution >= 4 is 34.6 Å². The van der Waals surface area contributed by atoms with E-state index in [4.69, 9.17) is 9.68 Å². The molecule has 2 aromatic carbocycles. The molecule has 0 spiro atoms. The fourth-order valence-corrected chi connectivity index (χ4v) is 5.61. The average molecular weight is 563 g/mol. The van der Waals surface area contributed by atoms with Crippen molar-refractivity contribution in [3.05, 3.63) is 47.5 Å². The van der Waals surface area contributed by atoms with E-state index in [1.807, 2.05) is 32.0 Å². The number of carbonyl (C=O) groups excluding carboxylic acids is 1. The van der Waals surface area contributed by atoms with E-state index in [2.05, 4.69) is 27.6 Å². The molecule has 1 saturated heterocycles. The van der Waals surface area contributed by atoms with Gasteiger partial charge in [-0.1, -0.05) is 32.0 Å². The molecule has 1 aromatic heterocycles. The van der Waals surface area contributed by atoms with Gasteiger partial charge in [-0.2, -0.15) is 18.4 Å². The van der Waals surface area contributed by atoms with Crippen molar-refractivity contribution in [2.45, 2.75) is 76.1 Å². The molecular formula is C30H33BF3N5O2. The lowest BCUT2D eigenvalue weighted by Gasteiger charge is -2.29. The smallest absolute Gasteiger partial charge is 0.407 e. The summed E-state index contributed by atoms with van der Waals surface area (Å²) in [5.41, 5.74) is 0.979. The number of carbonyl (C=O) groups is 1. The van der Waals surface area contributed by atoms with Gasteiger partial charge < -0.3 is 14.6 Å². The van der Waals surface area contributed by atoms with E-state index >= 15 is 0 Å². The van der Waals surface area contributed by atoms with Gasteiger partial charge in [0.1, 0.15) is 22.7 Å². The maximum Gasteiger partial charge on any atom is 0.407 e. The molecular weight excluding hydrogens is 530 g/mol. The van der Waals surface area contributed by atoms with Gasteiger partial charge in [0.2, 0.25) is 5.91 Å². The molecule has 41 heavy (non-hydrogen) atoms. The number of alkyl halides is 3. The summed E-state index contributed by atoms with van der Waals surface area (Å²) in [5, 5.41) is 25.3. The van der Waals surface area contributed by atoms with Crippen LogP contribution >= 0.6 is 0 Å². The summed E-state index contributed by atoms with van der Waals surface area (Å²) < 4.78 is 49.2. The van der Waals surface area contributed by atoms with Crippen LogP contribution in [0.5, 0.6) is 0 Å². The van der Waals surface area contributed by atoms with E-state index in [1.54, 1.807) is 6.07 Å². The van der Waals surface area contributed by atoms with Gasteiger partial charge in [-0.3, -0.25) is 10.1 Å². The van der Waals surface area contributed by atoms with Gasteiger partial charge in [-0.15, -0.1) is 0 Å². The first kappa shape index (κ1) is 29.0. The number of nitrogens with one attached hydrogen (secondary N) is 2. The second-order valence-corrected chi connectivity index (χ2v) is 11.9. The Morgan fingerprint density at radius 3 is 2.44 bits per heavy atom. The highest BCUT2D eigenvalue weighted by Gasteiger charge is 2.47. The van der Waals surface area contributed by atoms with Crippen molar-refractivity contribution < 1.29 is 22.4 Å². The van der Waals surface area contributed by atoms with Crippen molar-refractivity contribution in [3.8, 4) is 12.0 Å². The Labute approximate surface area is 237 Å². The Bertz CT molecular complexity index is 1510. The molecule has 2 fully saturated rings. The highest BCUT2D eigenvalue weighted by molar-refractivity contribution is 6.67. The molecule has 1 saturated carbocycles. The van der Waals surface area contributed by atoms with E-state index in [-0.39, 0.29) is 24.6 Å². The highest BCUT2D eigenvalue weighted by Crippen LogP contribution is 2.38. The molecule has 2 aliphatic rings. The second kappa shape index (κ2) is 11.4. The van der Waals surface area contributed by atoms with Crippen LogP contribution in [0.3, 0.4) is 0 Å². The van der Waals surface area contributed by atoms with Crippen molar-refractivity contribution in [2.75, 3.05) is 13.1 Å². The number of hydrogen-bond acceptors (Lipinski definition) is 6. The Balaban J connectivity index is 1.39. The van der Waals surface area contributed by atoms with Gasteiger partial charge >= 0.3 is 6.18 Å². The molecule has 0 radical (unpaired) electrons. The lowest BCUT2D eigenvalue weighted by atomic mass is 9.45. The molecule has 5 rings (SSSR count). The Morgan fingerprint density at radius 1 is 1.10 bits per heavy atom. The predicted molar refractivity (Wildman–Crippen MR) is 151 cm³/mol. The summed E-state index contributed by atoms with van der Waals surface area (Å²) in [4.78, 5) is 15.3. The van der Waals surface area contributed by atoms with Gasteiger partial charge in [0.05, 0.1) is 12.1 Å². The average Bonchev–Trinajstić information content (AvgIpc) is 3.61. The maximum atomic E-state index is 14.4. The third kappa shape index (κ3) is 6.53. The van der Waals surface area contributed by atoms with Crippen LogP contribution < -0.4 is 10.6 Å². The predicted octanol–water partition coefficient (Wildman–Crippen LogP) is 5.74. The number of fused-ring (bicyclic) bond motifs is 3. The van der Waals surface area contributed by atoms with Crippen molar-refractivity contribution in [1.82, 2.24) is 15.5 Å². The summed E-state index contributed by atoms with van der Waals surface area (Å²) in [6, 6.07) is 9.14. The first-order valence-electron chi connectivity index (χ1n) is 14.1. The molecule has 2 heterocycles. The van der Waals surface area contributed by atoms with Crippen LogP contribution in [0.1, 0.15) is 50.3 Å². The first-order valence-corrected chi connectivity index (χ1v) is 14.1. The summed E-state index contributed by atoms with van der Waals surface area (Å²) in [7, 11) is 0. The normalized spacial score (nSPS) is 18.7. The van der Waals surface area contributed by atoms with Crippen LogP contribution in [0.2, 0.25) is 12.6 Å². The number of halogens is 3. The van der Waals surface area contributed by atoms with E-state index < -0.39 is 29.7 Å². The molecule has 3 aromatic rings. The number of furan rings is 1. The van der Waals surface area contributed by atoms with Gasteiger partial charge in [0, 0.05) is 23.3 Å². The molecule has 1 aliphatic heterocycles. The number of rotatable bonds is 9. The summed E-state index contributed by atoms with van der Waals surface area (Å²) in [5.74, 6) is 1.70. The quantitative estimate of drug-likeness (QED) is 0.322. The van der Waals surface area contributed by atoms with Crippen LogP contribution in [-0.4, -0.2) is 48.4 Å². The standard InChI is InChI=1S/C30H33BF3N5O2/c1-19(2)13-24(28(40)38-29(17-35)7-8-29)37-27(30(32,33)34)21-4-5-22-23-14-20(3-6-25(23)41-26(22)15-21)16-39-11-9-31(18-36)10-12-39/h3-6,14-15,19,24,27,37H,7-13,16H2,1-2H3,(H,38,40). The third-order valence-corrected chi connectivity index (χ3v) is 8.11. The molecule has 2 atom stereocenters. The first-order chi connectivity index (χ1) is 19.5. The minimum Gasteiger partial charge on any atom is -0.456 e. The second-order valence-electron chi connectivity index (χ2n) is 11.9. The maximum absolute atomic E-state index is 14.4. The fraction of sp³-hybridized carbons (Fsp3) is 0.500. The Kier molecular flexibility index (Phi) is 8.05. The van der Waals surface area contributed by atoms with Gasteiger partial charge in [-0.25, -0.2) is 5.26 Å². The lowest BCUT2D eigenvalue weighted by Crippen LogP contribution is -2.52. The van der Waals surface area contributed by atoms with E-state index in [0.29, 0.717) is 24.0 Å². The number of hydrogen-bond donors (Lipinski definition) is 2.